The molecular weight excluding hydrogens is 430 g/mol. The number of piperazine rings is 1. The van der Waals surface area contributed by atoms with Crippen LogP contribution in [-0.4, -0.2) is 56.7 Å². The molecule has 1 saturated heterocycles. The number of nitrogens with zero attached hydrogens (tertiary/aromatic N) is 2. The standard InChI is InChI=1S/C27H29N3O4/c1-28-26(31)20-34-27(32)30-17-15-29(16-18-30)23-13-11-22(12-14-23)24-9-5-6-10-25(24)33-19-21-7-3-2-4-8-21/h2-14H,15-20H2,1H3,(H,28,31). The van der Waals surface area contributed by atoms with Gasteiger partial charge in [-0.15, -0.1) is 0 Å². The average molecular weight is 460 g/mol. The van der Waals surface area contributed by atoms with Crippen LogP contribution in [0.5, 0.6) is 5.75 Å². The molecule has 0 aliphatic carbocycles. The summed E-state index contributed by atoms with van der Waals surface area (Å²) in [6.07, 6.45) is -0.453. The van der Waals surface area contributed by atoms with Crippen LogP contribution in [0.15, 0.2) is 78.9 Å². The third-order valence-corrected chi connectivity index (χ3v) is 5.81. The molecule has 0 atom stereocenters. The molecule has 7 heteroatoms. The van der Waals surface area contributed by atoms with Gasteiger partial charge in [0.15, 0.2) is 6.61 Å². The minimum absolute atomic E-state index is 0.256. The molecule has 7 nitrogen and oxygen atoms in total. The van der Waals surface area contributed by atoms with E-state index in [0.717, 1.165) is 28.1 Å². The molecule has 176 valence electrons. The van der Waals surface area contributed by atoms with Crippen molar-refractivity contribution in [2.75, 3.05) is 44.7 Å². The number of likely N-dealkylation sites (N-methyl/N-ethyl adjacent to an activating group) is 1. The summed E-state index contributed by atoms with van der Waals surface area (Å²) in [7, 11) is 1.51. The highest BCUT2D eigenvalue weighted by atomic mass is 16.6. The Morgan fingerprint density at radius 2 is 1.53 bits per heavy atom. The predicted molar refractivity (Wildman–Crippen MR) is 132 cm³/mol. The molecule has 0 unspecified atom stereocenters. The maximum Gasteiger partial charge on any atom is 0.410 e. The van der Waals surface area contributed by atoms with Crippen molar-refractivity contribution in [2.24, 2.45) is 0 Å². The van der Waals surface area contributed by atoms with E-state index in [4.69, 9.17) is 9.47 Å². The number of hydrogen-bond donors (Lipinski definition) is 1. The fourth-order valence-corrected chi connectivity index (χ4v) is 3.86. The number of benzene rings is 3. The molecule has 0 spiro atoms. The Labute approximate surface area is 199 Å². The largest absolute Gasteiger partial charge is 0.488 e. The molecule has 1 heterocycles. The molecule has 0 aromatic heterocycles. The van der Waals surface area contributed by atoms with Gasteiger partial charge >= 0.3 is 6.09 Å². The zero-order valence-electron chi connectivity index (χ0n) is 19.3. The first-order chi connectivity index (χ1) is 16.6. The summed E-state index contributed by atoms with van der Waals surface area (Å²) in [6, 6.07) is 26.6. The van der Waals surface area contributed by atoms with Gasteiger partial charge in [-0.05, 0) is 29.3 Å². The van der Waals surface area contributed by atoms with Crippen LogP contribution in [0.1, 0.15) is 5.56 Å². The average Bonchev–Trinajstić information content (AvgIpc) is 2.91. The highest BCUT2D eigenvalue weighted by Gasteiger charge is 2.23. The molecule has 34 heavy (non-hydrogen) atoms. The number of hydrogen-bond acceptors (Lipinski definition) is 5. The van der Waals surface area contributed by atoms with Crippen molar-refractivity contribution in [1.29, 1.82) is 0 Å². The first-order valence-electron chi connectivity index (χ1n) is 11.4. The molecule has 0 radical (unpaired) electrons. The SMILES string of the molecule is CNC(=O)COC(=O)N1CCN(c2ccc(-c3ccccc3OCc3ccccc3)cc2)CC1. The summed E-state index contributed by atoms with van der Waals surface area (Å²) >= 11 is 0. The second-order valence-electron chi connectivity index (χ2n) is 8.02. The van der Waals surface area contributed by atoms with Crippen LogP contribution in [0.4, 0.5) is 10.5 Å². The van der Waals surface area contributed by atoms with Crippen LogP contribution in [0.25, 0.3) is 11.1 Å². The lowest BCUT2D eigenvalue weighted by atomic mass is 10.0. The van der Waals surface area contributed by atoms with Crippen molar-refractivity contribution < 1.29 is 19.1 Å². The molecule has 1 fully saturated rings. The lowest BCUT2D eigenvalue weighted by Gasteiger charge is -2.35. The fraction of sp³-hybridized carbons (Fsp3) is 0.259. The monoisotopic (exact) mass is 459 g/mol. The van der Waals surface area contributed by atoms with Gasteiger partial charge < -0.3 is 24.6 Å². The molecule has 1 aliphatic heterocycles. The van der Waals surface area contributed by atoms with Gasteiger partial charge in [-0.2, -0.15) is 0 Å². The predicted octanol–water partition coefficient (Wildman–Crippen LogP) is 3.94. The summed E-state index contributed by atoms with van der Waals surface area (Å²) < 4.78 is 11.2. The third kappa shape index (κ3) is 5.86. The maximum atomic E-state index is 12.1. The van der Waals surface area contributed by atoms with E-state index in [1.165, 1.54) is 7.05 Å². The Hall–Kier alpha value is -4.00. The number of anilines is 1. The molecule has 3 aromatic carbocycles. The minimum atomic E-state index is -0.453. The lowest BCUT2D eigenvalue weighted by Crippen LogP contribution is -2.49. The van der Waals surface area contributed by atoms with Gasteiger partial charge in [-0.1, -0.05) is 60.7 Å². The van der Waals surface area contributed by atoms with Crippen LogP contribution in [0.3, 0.4) is 0 Å². The van der Waals surface area contributed by atoms with Crippen molar-refractivity contribution >= 4 is 17.7 Å². The summed E-state index contributed by atoms with van der Waals surface area (Å²) in [5.41, 5.74) is 4.37. The van der Waals surface area contributed by atoms with Gasteiger partial charge in [0.1, 0.15) is 12.4 Å². The fourth-order valence-electron chi connectivity index (χ4n) is 3.86. The van der Waals surface area contributed by atoms with E-state index in [1.807, 2.05) is 36.4 Å². The van der Waals surface area contributed by atoms with E-state index in [-0.39, 0.29) is 12.5 Å². The van der Waals surface area contributed by atoms with Crippen LogP contribution in [0.2, 0.25) is 0 Å². The molecule has 1 aliphatic rings. The third-order valence-electron chi connectivity index (χ3n) is 5.81. The second-order valence-corrected chi connectivity index (χ2v) is 8.02. The number of carbonyl (C=O) groups excluding carboxylic acids is 2. The maximum absolute atomic E-state index is 12.1. The number of carbonyl (C=O) groups is 2. The van der Waals surface area contributed by atoms with Gasteiger partial charge in [-0.25, -0.2) is 4.79 Å². The Morgan fingerprint density at radius 1 is 0.853 bits per heavy atom. The number of rotatable bonds is 7. The summed E-state index contributed by atoms with van der Waals surface area (Å²) in [4.78, 5) is 27.3. The van der Waals surface area contributed by atoms with Gasteiger partial charge in [0.25, 0.3) is 5.91 Å². The zero-order chi connectivity index (χ0) is 23.8. The van der Waals surface area contributed by atoms with E-state index >= 15 is 0 Å². The first kappa shape index (κ1) is 23.2. The summed E-state index contributed by atoms with van der Waals surface area (Å²) in [5.74, 6) is 0.530. The van der Waals surface area contributed by atoms with Crippen LogP contribution in [0, 0.1) is 0 Å². The topological polar surface area (TPSA) is 71.1 Å². The van der Waals surface area contributed by atoms with Crippen molar-refractivity contribution in [1.82, 2.24) is 10.2 Å². The highest BCUT2D eigenvalue weighted by Crippen LogP contribution is 2.32. The molecule has 0 bridgehead atoms. The Kier molecular flexibility index (Phi) is 7.65. The zero-order valence-corrected chi connectivity index (χ0v) is 19.3. The van der Waals surface area contributed by atoms with Gasteiger partial charge in [0, 0.05) is 44.5 Å². The van der Waals surface area contributed by atoms with Gasteiger partial charge in [0.2, 0.25) is 0 Å². The van der Waals surface area contributed by atoms with Crippen molar-refractivity contribution in [2.45, 2.75) is 6.61 Å². The van der Waals surface area contributed by atoms with Gasteiger partial charge in [0.05, 0.1) is 0 Å². The summed E-state index contributed by atoms with van der Waals surface area (Å²) in [6.45, 7) is 2.75. The first-order valence-corrected chi connectivity index (χ1v) is 11.4. The second kappa shape index (κ2) is 11.2. The van der Waals surface area contributed by atoms with E-state index in [0.29, 0.717) is 32.8 Å². The Bertz CT molecular complexity index is 1090. The Balaban J connectivity index is 1.35. The number of amides is 2. The van der Waals surface area contributed by atoms with Crippen LogP contribution in [-0.2, 0) is 16.1 Å². The van der Waals surface area contributed by atoms with Crippen LogP contribution < -0.4 is 15.0 Å². The normalized spacial score (nSPS) is 13.3. The number of para-hydroxylation sites is 1. The molecule has 2 amide bonds. The quantitative estimate of drug-likeness (QED) is 0.580. The molecule has 1 N–H and O–H groups in total. The number of nitrogens with one attached hydrogen (secondary N) is 1. The molecule has 0 saturated carbocycles. The van der Waals surface area contributed by atoms with Gasteiger partial charge in [-0.3, -0.25) is 4.79 Å². The lowest BCUT2D eigenvalue weighted by molar-refractivity contribution is -0.123. The smallest absolute Gasteiger partial charge is 0.410 e. The van der Waals surface area contributed by atoms with E-state index in [2.05, 4.69) is 52.7 Å². The Morgan fingerprint density at radius 3 is 2.24 bits per heavy atom. The minimum Gasteiger partial charge on any atom is -0.488 e. The summed E-state index contributed by atoms with van der Waals surface area (Å²) in [5, 5.41) is 2.44. The molecular formula is C27H29N3O4. The highest BCUT2D eigenvalue weighted by molar-refractivity contribution is 5.80. The van der Waals surface area contributed by atoms with Crippen molar-refractivity contribution in [3.05, 3.63) is 84.4 Å². The van der Waals surface area contributed by atoms with E-state index < -0.39 is 6.09 Å². The van der Waals surface area contributed by atoms with Crippen molar-refractivity contribution in [3.63, 3.8) is 0 Å². The van der Waals surface area contributed by atoms with Crippen molar-refractivity contribution in [3.8, 4) is 16.9 Å². The molecule has 3 aromatic rings. The van der Waals surface area contributed by atoms with Crippen LogP contribution >= 0.6 is 0 Å². The number of ether oxygens (including phenoxy) is 2. The molecule has 4 rings (SSSR count). The van der Waals surface area contributed by atoms with E-state index in [1.54, 1.807) is 4.90 Å². The van der Waals surface area contributed by atoms with E-state index in [9.17, 15) is 9.59 Å².